The molecular weight excluding hydrogens is 374 g/mol. The van der Waals surface area contributed by atoms with Gasteiger partial charge in [0.25, 0.3) is 0 Å². The van der Waals surface area contributed by atoms with Crippen LogP contribution in [0.1, 0.15) is 9.88 Å². The van der Waals surface area contributed by atoms with Crippen LogP contribution in [0.5, 0.6) is 0 Å². The van der Waals surface area contributed by atoms with E-state index in [2.05, 4.69) is 22.4 Å². The summed E-state index contributed by atoms with van der Waals surface area (Å²) in [7, 11) is 0. The van der Waals surface area contributed by atoms with Crippen molar-refractivity contribution in [2.45, 2.75) is 6.54 Å². The smallest absolute Gasteiger partial charge is 0.246 e. The van der Waals surface area contributed by atoms with E-state index in [1.54, 1.807) is 28.7 Å². The van der Waals surface area contributed by atoms with Crippen LogP contribution in [0, 0.1) is 0 Å². The van der Waals surface area contributed by atoms with Crippen LogP contribution in [-0.2, 0) is 11.3 Å². The number of aromatic nitrogens is 1. The Hall–Kier alpha value is -2.28. The number of benzene rings is 1. The topological polar surface area (TPSA) is 36.4 Å². The van der Waals surface area contributed by atoms with Crippen LogP contribution in [0.2, 0.25) is 0 Å². The fourth-order valence-corrected chi connectivity index (χ4v) is 4.55. The third kappa shape index (κ3) is 4.71. The third-order valence-electron chi connectivity index (χ3n) is 4.60. The number of piperazine rings is 1. The Morgan fingerprint density at radius 3 is 2.59 bits per heavy atom. The monoisotopic (exact) mass is 395 g/mol. The molecule has 1 aliphatic heterocycles. The first-order valence-corrected chi connectivity index (χ1v) is 10.8. The predicted octanol–water partition coefficient (Wildman–Crippen LogP) is 4.23. The highest BCUT2D eigenvalue weighted by Gasteiger charge is 2.20. The van der Waals surface area contributed by atoms with E-state index >= 15 is 0 Å². The maximum Gasteiger partial charge on any atom is 0.246 e. The van der Waals surface area contributed by atoms with Gasteiger partial charge in [0.05, 0.1) is 12.2 Å². The minimum Gasteiger partial charge on any atom is -0.337 e. The number of hydrogen-bond donors (Lipinski definition) is 0. The van der Waals surface area contributed by atoms with Crippen LogP contribution < -0.4 is 0 Å². The van der Waals surface area contributed by atoms with Crippen molar-refractivity contribution in [1.82, 2.24) is 14.8 Å². The molecule has 0 bridgehead atoms. The zero-order valence-electron chi connectivity index (χ0n) is 15.0. The average molecular weight is 396 g/mol. The summed E-state index contributed by atoms with van der Waals surface area (Å²) in [6.07, 6.45) is 3.59. The van der Waals surface area contributed by atoms with Gasteiger partial charge in [-0.1, -0.05) is 36.4 Å². The fraction of sp³-hybridized carbons (Fsp3) is 0.238. The largest absolute Gasteiger partial charge is 0.337 e. The molecule has 1 aromatic carbocycles. The summed E-state index contributed by atoms with van der Waals surface area (Å²) in [6.45, 7) is 4.16. The van der Waals surface area contributed by atoms with Crippen LogP contribution in [0.25, 0.3) is 17.3 Å². The molecule has 0 unspecified atom stereocenters. The minimum absolute atomic E-state index is 0.101. The van der Waals surface area contributed by atoms with E-state index in [9.17, 15) is 4.79 Å². The van der Waals surface area contributed by atoms with Gasteiger partial charge in [0.2, 0.25) is 5.91 Å². The molecule has 27 heavy (non-hydrogen) atoms. The number of carbonyl (C=O) groups excluding carboxylic acids is 1. The molecule has 138 valence electrons. The number of hydrogen-bond acceptors (Lipinski definition) is 5. The first-order chi connectivity index (χ1) is 13.3. The first kappa shape index (κ1) is 18.1. The molecule has 4 rings (SSSR count). The zero-order valence-corrected chi connectivity index (χ0v) is 16.6. The van der Waals surface area contributed by atoms with Crippen molar-refractivity contribution in [3.63, 3.8) is 0 Å². The lowest BCUT2D eigenvalue weighted by Crippen LogP contribution is -2.47. The van der Waals surface area contributed by atoms with Crippen LogP contribution in [0.3, 0.4) is 0 Å². The van der Waals surface area contributed by atoms with Gasteiger partial charge in [-0.2, -0.15) is 0 Å². The van der Waals surface area contributed by atoms with Gasteiger partial charge < -0.3 is 4.90 Å². The van der Waals surface area contributed by atoms with E-state index in [1.807, 2.05) is 46.7 Å². The first-order valence-electron chi connectivity index (χ1n) is 9.00. The fourth-order valence-electron chi connectivity index (χ4n) is 3.09. The summed E-state index contributed by atoms with van der Waals surface area (Å²) in [5.74, 6) is 0.101. The van der Waals surface area contributed by atoms with Crippen molar-refractivity contribution >= 4 is 34.7 Å². The van der Waals surface area contributed by atoms with Crippen molar-refractivity contribution in [2.24, 2.45) is 0 Å². The highest BCUT2D eigenvalue weighted by Crippen LogP contribution is 2.22. The average Bonchev–Trinajstić information content (AvgIpc) is 3.39. The van der Waals surface area contributed by atoms with E-state index in [0.29, 0.717) is 0 Å². The molecule has 0 spiro atoms. The molecule has 0 atom stereocenters. The quantitative estimate of drug-likeness (QED) is 0.607. The van der Waals surface area contributed by atoms with Gasteiger partial charge in [-0.15, -0.1) is 22.7 Å². The van der Waals surface area contributed by atoms with Crippen LogP contribution in [0.4, 0.5) is 0 Å². The second kappa shape index (κ2) is 8.61. The minimum atomic E-state index is 0.101. The van der Waals surface area contributed by atoms with Crippen molar-refractivity contribution in [2.75, 3.05) is 26.2 Å². The van der Waals surface area contributed by atoms with Crippen LogP contribution in [0.15, 0.2) is 59.3 Å². The van der Waals surface area contributed by atoms with Crippen LogP contribution in [-0.4, -0.2) is 46.9 Å². The maximum absolute atomic E-state index is 12.3. The molecule has 1 fully saturated rings. The molecule has 1 aliphatic rings. The van der Waals surface area contributed by atoms with Crippen molar-refractivity contribution in [1.29, 1.82) is 0 Å². The molecule has 0 aliphatic carbocycles. The molecule has 6 heteroatoms. The van der Waals surface area contributed by atoms with Crippen molar-refractivity contribution in [3.05, 3.63) is 69.2 Å². The van der Waals surface area contributed by atoms with Gasteiger partial charge in [0.1, 0.15) is 5.01 Å². The van der Waals surface area contributed by atoms with E-state index in [-0.39, 0.29) is 5.91 Å². The predicted molar refractivity (Wildman–Crippen MR) is 113 cm³/mol. The Labute approximate surface area is 167 Å². The third-order valence-corrected chi connectivity index (χ3v) is 6.27. The number of amides is 1. The molecule has 3 heterocycles. The van der Waals surface area contributed by atoms with Crippen molar-refractivity contribution < 1.29 is 4.79 Å². The van der Waals surface area contributed by atoms with E-state index in [1.165, 1.54) is 0 Å². The van der Waals surface area contributed by atoms with Crippen LogP contribution >= 0.6 is 22.7 Å². The maximum atomic E-state index is 12.3. The number of thiophene rings is 1. The Bertz CT molecular complexity index is 895. The summed E-state index contributed by atoms with van der Waals surface area (Å²) < 4.78 is 0. The molecular formula is C21H21N3OS2. The summed E-state index contributed by atoms with van der Waals surface area (Å²) in [5.41, 5.74) is 2.20. The Kier molecular flexibility index (Phi) is 5.77. The lowest BCUT2D eigenvalue weighted by atomic mass is 10.2. The molecule has 1 saturated heterocycles. The molecule has 0 saturated carbocycles. The standard InChI is InChI=1S/C21H21N3OS2/c25-21(9-8-18-7-4-14-26-18)24-12-10-23(11-13-24)15-20-22-19(16-27-20)17-5-2-1-3-6-17/h1-9,14,16H,10-13,15H2/b9-8+. The number of carbonyl (C=O) groups is 1. The van der Waals surface area contributed by atoms with Gasteiger partial charge in [0.15, 0.2) is 0 Å². The van der Waals surface area contributed by atoms with Crippen molar-refractivity contribution in [3.8, 4) is 11.3 Å². The number of nitrogens with zero attached hydrogens (tertiary/aromatic N) is 3. The highest BCUT2D eigenvalue weighted by atomic mass is 32.1. The van der Waals surface area contributed by atoms with Gasteiger partial charge in [-0.05, 0) is 17.5 Å². The molecule has 4 nitrogen and oxygen atoms in total. The lowest BCUT2D eigenvalue weighted by Gasteiger charge is -2.33. The normalized spacial score (nSPS) is 15.5. The second-order valence-electron chi connectivity index (χ2n) is 6.44. The molecule has 1 amide bonds. The van der Waals surface area contributed by atoms with E-state index in [0.717, 1.165) is 53.9 Å². The van der Waals surface area contributed by atoms with E-state index in [4.69, 9.17) is 4.98 Å². The number of thiazole rings is 1. The zero-order chi connectivity index (χ0) is 18.5. The highest BCUT2D eigenvalue weighted by molar-refractivity contribution is 7.10. The Morgan fingerprint density at radius 1 is 1.04 bits per heavy atom. The Balaban J connectivity index is 1.28. The van der Waals surface area contributed by atoms with E-state index < -0.39 is 0 Å². The summed E-state index contributed by atoms with van der Waals surface area (Å²) >= 11 is 3.35. The SMILES string of the molecule is O=C(/C=C/c1cccs1)N1CCN(Cc2nc(-c3ccccc3)cs2)CC1. The molecule has 0 radical (unpaired) electrons. The number of rotatable bonds is 5. The molecule has 0 N–H and O–H groups in total. The van der Waals surface area contributed by atoms with Gasteiger partial charge >= 0.3 is 0 Å². The summed E-state index contributed by atoms with van der Waals surface area (Å²) in [6, 6.07) is 14.3. The van der Waals surface area contributed by atoms with Gasteiger partial charge in [-0.3, -0.25) is 9.69 Å². The second-order valence-corrected chi connectivity index (χ2v) is 8.36. The Morgan fingerprint density at radius 2 is 1.85 bits per heavy atom. The molecule has 3 aromatic rings. The molecule has 2 aromatic heterocycles. The van der Waals surface area contributed by atoms with Gasteiger partial charge in [0, 0.05) is 48.1 Å². The van der Waals surface area contributed by atoms with Gasteiger partial charge in [-0.25, -0.2) is 4.98 Å². The summed E-state index contributed by atoms with van der Waals surface area (Å²) in [5, 5.41) is 5.27. The summed E-state index contributed by atoms with van der Waals surface area (Å²) in [4.78, 5) is 22.5. The lowest BCUT2D eigenvalue weighted by molar-refractivity contribution is -0.127.